The van der Waals surface area contributed by atoms with Crippen LogP contribution in [-0.2, 0) is 4.79 Å². The second-order valence-electron chi connectivity index (χ2n) is 5.73. The maximum absolute atomic E-state index is 12.8. The Hall–Kier alpha value is -2.53. The molecular weight excluding hydrogens is 326 g/mol. The maximum Gasteiger partial charge on any atom is 0.249 e. The summed E-state index contributed by atoms with van der Waals surface area (Å²) in [6.45, 7) is 0.641. The first kappa shape index (κ1) is 16.3. The normalized spacial score (nSPS) is 17.6. The fraction of sp³-hybridized carbons (Fsp3) is 0.222. The highest BCUT2D eigenvalue weighted by atomic mass is 35.5. The molecule has 2 aromatic rings. The van der Waals surface area contributed by atoms with Crippen molar-refractivity contribution in [2.45, 2.75) is 18.9 Å². The van der Waals surface area contributed by atoms with Gasteiger partial charge >= 0.3 is 0 Å². The number of hydrogen-bond acceptors (Lipinski definition) is 3. The van der Waals surface area contributed by atoms with E-state index in [-0.39, 0.29) is 11.9 Å². The number of piperidine rings is 1. The Kier molecular flexibility index (Phi) is 4.71. The molecule has 124 valence electrons. The van der Waals surface area contributed by atoms with Gasteiger partial charge in [0.05, 0.1) is 10.7 Å². The van der Waals surface area contributed by atoms with Crippen LogP contribution >= 0.6 is 11.6 Å². The zero-order chi connectivity index (χ0) is 17.1. The number of halogens is 1. The van der Waals surface area contributed by atoms with Crippen LogP contribution in [0, 0.1) is 0 Å². The van der Waals surface area contributed by atoms with Crippen LogP contribution in [0.2, 0.25) is 5.02 Å². The second kappa shape index (κ2) is 6.93. The van der Waals surface area contributed by atoms with Crippen molar-refractivity contribution in [3.63, 3.8) is 0 Å². The minimum atomic E-state index is -0.494. The fourth-order valence-electron chi connectivity index (χ4n) is 2.88. The van der Waals surface area contributed by atoms with Crippen LogP contribution in [0.15, 0.2) is 48.5 Å². The Labute approximate surface area is 145 Å². The summed E-state index contributed by atoms with van der Waals surface area (Å²) in [5.41, 5.74) is 7.13. The summed E-state index contributed by atoms with van der Waals surface area (Å²) in [6.07, 6.45) is 1.59. The third-order valence-corrected chi connectivity index (χ3v) is 4.39. The summed E-state index contributed by atoms with van der Waals surface area (Å²) in [5, 5.41) is 3.76. The molecule has 0 saturated carbocycles. The number of anilines is 2. The van der Waals surface area contributed by atoms with Gasteiger partial charge in [-0.1, -0.05) is 29.8 Å². The number of rotatable bonds is 4. The average Bonchev–Trinajstić information content (AvgIpc) is 2.58. The van der Waals surface area contributed by atoms with Gasteiger partial charge in [0.2, 0.25) is 11.8 Å². The molecule has 1 heterocycles. The monoisotopic (exact) mass is 343 g/mol. The molecule has 1 aliphatic rings. The number of amides is 2. The van der Waals surface area contributed by atoms with Crippen molar-refractivity contribution < 1.29 is 9.59 Å². The van der Waals surface area contributed by atoms with Gasteiger partial charge in [-0.15, -0.1) is 0 Å². The molecular formula is C18H18ClN3O2. The molecule has 3 N–H and O–H groups in total. The molecule has 5 nitrogen and oxygen atoms in total. The van der Waals surface area contributed by atoms with Gasteiger partial charge in [-0.3, -0.25) is 9.59 Å². The Balaban J connectivity index is 1.80. The van der Waals surface area contributed by atoms with Crippen molar-refractivity contribution in [1.82, 2.24) is 0 Å². The first-order chi connectivity index (χ1) is 11.6. The molecule has 2 amide bonds. The van der Waals surface area contributed by atoms with Crippen molar-refractivity contribution in [2.75, 3.05) is 16.8 Å². The molecule has 6 heteroatoms. The van der Waals surface area contributed by atoms with E-state index >= 15 is 0 Å². The molecule has 0 spiro atoms. The van der Waals surface area contributed by atoms with Crippen LogP contribution in [-0.4, -0.2) is 24.4 Å². The molecule has 1 unspecified atom stereocenters. The topological polar surface area (TPSA) is 75.4 Å². The maximum atomic E-state index is 12.8. The quantitative estimate of drug-likeness (QED) is 0.895. The predicted molar refractivity (Wildman–Crippen MR) is 95.4 cm³/mol. The van der Waals surface area contributed by atoms with Crippen LogP contribution in [0.25, 0.3) is 0 Å². The van der Waals surface area contributed by atoms with E-state index < -0.39 is 5.91 Å². The molecule has 1 saturated heterocycles. The van der Waals surface area contributed by atoms with Crippen LogP contribution in [0.4, 0.5) is 11.4 Å². The van der Waals surface area contributed by atoms with E-state index in [1.165, 1.54) is 0 Å². The standard InChI is InChI=1S/C18H18ClN3O2/c19-14-7-1-2-9-16(14)22-10-4-8-15(18(22)24)21-13-6-3-5-12(11-13)17(20)23/h1-3,5-7,9,11,15,21H,4,8,10H2,(H2,20,23). The zero-order valence-corrected chi connectivity index (χ0v) is 13.8. The van der Waals surface area contributed by atoms with Crippen molar-refractivity contribution in [1.29, 1.82) is 0 Å². The third kappa shape index (κ3) is 3.36. The van der Waals surface area contributed by atoms with E-state index in [9.17, 15) is 9.59 Å². The smallest absolute Gasteiger partial charge is 0.249 e. The highest BCUT2D eigenvalue weighted by Gasteiger charge is 2.30. The number of benzene rings is 2. The third-order valence-electron chi connectivity index (χ3n) is 4.07. The molecule has 0 radical (unpaired) electrons. The number of carbonyl (C=O) groups excluding carboxylic acids is 2. The van der Waals surface area contributed by atoms with Gasteiger partial charge in [0.15, 0.2) is 0 Å². The van der Waals surface area contributed by atoms with Crippen LogP contribution in [0.5, 0.6) is 0 Å². The minimum absolute atomic E-state index is 0.0289. The Bertz CT molecular complexity index is 778. The largest absolute Gasteiger partial charge is 0.374 e. The number of para-hydroxylation sites is 1. The number of carbonyl (C=O) groups is 2. The van der Waals surface area contributed by atoms with Gasteiger partial charge in [-0.05, 0) is 43.2 Å². The first-order valence-electron chi connectivity index (χ1n) is 7.78. The molecule has 0 aromatic heterocycles. The molecule has 2 aromatic carbocycles. The number of nitrogens with zero attached hydrogens (tertiary/aromatic N) is 1. The highest BCUT2D eigenvalue weighted by molar-refractivity contribution is 6.33. The van der Waals surface area contributed by atoms with E-state index in [4.69, 9.17) is 17.3 Å². The lowest BCUT2D eigenvalue weighted by atomic mass is 10.0. The number of hydrogen-bond donors (Lipinski definition) is 2. The summed E-state index contributed by atoms with van der Waals surface area (Å²) in [6, 6.07) is 13.8. The number of nitrogens with one attached hydrogen (secondary N) is 1. The first-order valence-corrected chi connectivity index (χ1v) is 8.16. The van der Waals surface area contributed by atoms with Crippen molar-refractivity contribution in [3.05, 3.63) is 59.1 Å². The van der Waals surface area contributed by atoms with Gasteiger partial charge in [-0.25, -0.2) is 0 Å². The Morgan fingerprint density at radius 3 is 2.75 bits per heavy atom. The van der Waals surface area contributed by atoms with Gasteiger partial charge < -0.3 is 16.0 Å². The lowest BCUT2D eigenvalue weighted by Crippen LogP contribution is -2.47. The second-order valence-corrected chi connectivity index (χ2v) is 6.13. The SMILES string of the molecule is NC(=O)c1cccc(NC2CCCN(c3ccccc3Cl)C2=O)c1. The fourth-order valence-corrected chi connectivity index (χ4v) is 3.12. The van der Waals surface area contributed by atoms with Gasteiger partial charge in [0.25, 0.3) is 0 Å². The summed E-state index contributed by atoms with van der Waals surface area (Å²) in [7, 11) is 0. The van der Waals surface area contributed by atoms with Gasteiger partial charge in [0.1, 0.15) is 6.04 Å². The van der Waals surface area contributed by atoms with Gasteiger partial charge in [-0.2, -0.15) is 0 Å². The lowest BCUT2D eigenvalue weighted by Gasteiger charge is -2.33. The molecule has 1 atom stereocenters. The molecule has 1 aliphatic heterocycles. The predicted octanol–water partition coefficient (Wildman–Crippen LogP) is 3.05. The van der Waals surface area contributed by atoms with Crippen LogP contribution in [0.1, 0.15) is 23.2 Å². The van der Waals surface area contributed by atoms with Crippen molar-refractivity contribution in [2.24, 2.45) is 5.73 Å². The highest BCUT2D eigenvalue weighted by Crippen LogP contribution is 2.29. The minimum Gasteiger partial charge on any atom is -0.374 e. The Morgan fingerprint density at radius 1 is 1.21 bits per heavy atom. The summed E-state index contributed by atoms with van der Waals surface area (Å²) < 4.78 is 0. The van der Waals surface area contributed by atoms with Gasteiger partial charge in [0, 0.05) is 17.8 Å². The van der Waals surface area contributed by atoms with E-state index in [0.717, 1.165) is 18.5 Å². The van der Waals surface area contributed by atoms with E-state index in [1.54, 1.807) is 29.2 Å². The molecule has 3 rings (SSSR count). The van der Waals surface area contributed by atoms with Crippen LogP contribution < -0.4 is 16.0 Å². The summed E-state index contributed by atoms with van der Waals surface area (Å²) >= 11 is 6.22. The molecule has 0 bridgehead atoms. The Morgan fingerprint density at radius 2 is 2.00 bits per heavy atom. The summed E-state index contributed by atoms with van der Waals surface area (Å²) in [5.74, 6) is -0.523. The van der Waals surface area contributed by atoms with Crippen molar-refractivity contribution >= 4 is 34.8 Å². The molecule has 24 heavy (non-hydrogen) atoms. The zero-order valence-electron chi connectivity index (χ0n) is 13.0. The van der Waals surface area contributed by atoms with E-state index in [0.29, 0.717) is 22.8 Å². The molecule has 1 fully saturated rings. The number of nitrogens with two attached hydrogens (primary N) is 1. The summed E-state index contributed by atoms with van der Waals surface area (Å²) in [4.78, 5) is 25.8. The number of primary amides is 1. The van der Waals surface area contributed by atoms with E-state index in [1.807, 2.05) is 24.3 Å². The lowest BCUT2D eigenvalue weighted by molar-refractivity contribution is -0.120. The average molecular weight is 344 g/mol. The van der Waals surface area contributed by atoms with Crippen molar-refractivity contribution in [3.8, 4) is 0 Å². The van der Waals surface area contributed by atoms with E-state index in [2.05, 4.69) is 5.32 Å². The molecule has 0 aliphatic carbocycles. The van der Waals surface area contributed by atoms with Crippen LogP contribution in [0.3, 0.4) is 0 Å².